The number of alkyl halides is 3. The quantitative estimate of drug-likeness (QED) is 0.238. The van der Waals surface area contributed by atoms with E-state index in [-0.39, 0.29) is 54.9 Å². The summed E-state index contributed by atoms with van der Waals surface area (Å²) in [7, 11) is -4.40. The molecule has 1 aliphatic heterocycles. The van der Waals surface area contributed by atoms with Gasteiger partial charge in [-0.1, -0.05) is 42.5 Å². The fourth-order valence-electron chi connectivity index (χ4n) is 4.75. The Kier molecular flexibility index (Phi) is 9.07. The summed E-state index contributed by atoms with van der Waals surface area (Å²) < 4.78 is 87.7. The molecule has 2 atom stereocenters. The molecule has 7 nitrogen and oxygen atoms in total. The van der Waals surface area contributed by atoms with Gasteiger partial charge in [-0.05, 0) is 66.8 Å². The second kappa shape index (κ2) is 12.2. The van der Waals surface area contributed by atoms with Crippen molar-refractivity contribution in [2.75, 3.05) is 4.31 Å². The van der Waals surface area contributed by atoms with Crippen molar-refractivity contribution in [1.82, 2.24) is 0 Å². The number of anilines is 1. The minimum atomic E-state index is -4.98. The molecule has 0 fully saturated rings. The number of aliphatic hydroxyl groups is 1. The number of aryl methyl sites for hydroxylation is 1. The number of ether oxygens (including phenoxy) is 1. The number of Topliss-reactive ketones (excluding diaryl/α,β-unsaturated/α-hetero) is 1. The highest BCUT2D eigenvalue weighted by Gasteiger charge is 2.51. The maximum atomic E-state index is 13.8. The van der Waals surface area contributed by atoms with Gasteiger partial charge in [0.05, 0.1) is 23.0 Å². The molecular formula is C30H29F4NO6S. The van der Waals surface area contributed by atoms with Crippen molar-refractivity contribution >= 4 is 27.5 Å². The third-order valence-corrected chi connectivity index (χ3v) is 9.07. The predicted octanol–water partition coefficient (Wildman–Crippen LogP) is 5.59. The van der Waals surface area contributed by atoms with Gasteiger partial charge in [-0.25, -0.2) is 12.8 Å². The fourth-order valence-corrected chi connectivity index (χ4v) is 6.47. The Balaban J connectivity index is 1.56. The Labute approximate surface area is 240 Å². The zero-order chi connectivity index (χ0) is 30.7. The lowest BCUT2D eigenvalue weighted by Crippen LogP contribution is -2.45. The van der Waals surface area contributed by atoms with Gasteiger partial charge in [0.1, 0.15) is 18.2 Å². The molecule has 0 spiro atoms. The van der Waals surface area contributed by atoms with Crippen LogP contribution in [0.25, 0.3) is 0 Å². The normalized spacial score (nSPS) is 16.8. The molecule has 3 aromatic carbocycles. The van der Waals surface area contributed by atoms with Crippen molar-refractivity contribution < 1.29 is 45.4 Å². The summed E-state index contributed by atoms with van der Waals surface area (Å²) in [5.74, 6) is -1.67. The summed E-state index contributed by atoms with van der Waals surface area (Å²) in [6, 6.07) is 15.4. The third-order valence-electron chi connectivity index (χ3n) is 7.19. The van der Waals surface area contributed by atoms with Crippen LogP contribution in [-0.4, -0.2) is 37.5 Å². The van der Waals surface area contributed by atoms with Crippen LogP contribution in [0.4, 0.5) is 23.2 Å². The Bertz CT molecular complexity index is 1540. The van der Waals surface area contributed by atoms with E-state index in [2.05, 4.69) is 0 Å². The highest BCUT2D eigenvalue weighted by Crippen LogP contribution is 2.43. The van der Waals surface area contributed by atoms with Crippen molar-refractivity contribution in [3.63, 3.8) is 0 Å². The molecule has 0 bridgehead atoms. The average molecular weight is 608 g/mol. The van der Waals surface area contributed by atoms with Crippen LogP contribution in [0.1, 0.15) is 49.3 Å². The van der Waals surface area contributed by atoms with Crippen LogP contribution in [0.2, 0.25) is 0 Å². The van der Waals surface area contributed by atoms with E-state index in [1.54, 1.807) is 24.3 Å². The predicted molar refractivity (Wildman–Crippen MR) is 145 cm³/mol. The van der Waals surface area contributed by atoms with Crippen LogP contribution in [0, 0.1) is 5.82 Å². The van der Waals surface area contributed by atoms with Gasteiger partial charge in [-0.3, -0.25) is 13.9 Å². The molecule has 0 radical (unpaired) electrons. The molecule has 1 heterocycles. The van der Waals surface area contributed by atoms with Gasteiger partial charge in [0.15, 0.2) is 5.60 Å². The third kappa shape index (κ3) is 6.81. The maximum absolute atomic E-state index is 13.8. The molecule has 0 saturated carbocycles. The van der Waals surface area contributed by atoms with Gasteiger partial charge in [-0.15, -0.1) is 0 Å². The highest BCUT2D eigenvalue weighted by atomic mass is 32.2. The van der Waals surface area contributed by atoms with E-state index in [0.29, 0.717) is 6.92 Å². The van der Waals surface area contributed by atoms with Crippen molar-refractivity contribution in [3.05, 3.63) is 95.3 Å². The molecule has 0 saturated heterocycles. The number of carbonyl (C=O) groups excluding carboxylic acids is 2. The summed E-state index contributed by atoms with van der Waals surface area (Å²) in [5, 5.41) is 10.2. The van der Waals surface area contributed by atoms with E-state index in [1.165, 1.54) is 6.07 Å². The monoisotopic (exact) mass is 607 g/mol. The number of esters is 1. The smallest absolute Gasteiger partial charge is 0.421 e. The van der Waals surface area contributed by atoms with Gasteiger partial charge in [0, 0.05) is 12.8 Å². The first-order chi connectivity index (χ1) is 19.7. The minimum absolute atomic E-state index is 0.0418. The molecule has 12 heteroatoms. The number of ketones is 1. The van der Waals surface area contributed by atoms with Gasteiger partial charge in [0.2, 0.25) is 0 Å². The van der Waals surface area contributed by atoms with Gasteiger partial charge in [-0.2, -0.15) is 13.2 Å². The van der Waals surface area contributed by atoms with E-state index in [4.69, 9.17) is 4.74 Å². The molecule has 0 amide bonds. The lowest BCUT2D eigenvalue weighted by molar-refractivity contribution is -0.258. The maximum Gasteiger partial charge on any atom is 0.421 e. The molecule has 224 valence electrons. The van der Waals surface area contributed by atoms with Crippen LogP contribution in [-0.2, 0) is 43.0 Å². The Morgan fingerprint density at radius 2 is 1.67 bits per heavy atom. The molecule has 0 aromatic heterocycles. The molecule has 4 rings (SSSR count). The van der Waals surface area contributed by atoms with E-state index in [0.717, 1.165) is 46.3 Å². The highest BCUT2D eigenvalue weighted by molar-refractivity contribution is 7.92. The minimum Gasteiger partial charge on any atom is -0.461 e. The molecule has 42 heavy (non-hydrogen) atoms. The Morgan fingerprint density at radius 1 is 1.00 bits per heavy atom. The number of carbonyl (C=O) groups is 2. The van der Waals surface area contributed by atoms with Crippen molar-refractivity contribution in [3.8, 4) is 0 Å². The number of nitrogens with zero attached hydrogens (tertiary/aromatic N) is 1. The summed E-state index contributed by atoms with van der Waals surface area (Å²) in [5.41, 5.74) is -2.58. The Hall–Kier alpha value is -3.77. The lowest BCUT2D eigenvalue weighted by Gasteiger charge is -2.38. The lowest BCUT2D eigenvalue weighted by atomic mass is 9.88. The fraction of sp³-hybridized carbons (Fsp3) is 0.333. The van der Waals surface area contributed by atoms with Crippen LogP contribution in [0.15, 0.2) is 77.7 Å². The van der Waals surface area contributed by atoms with Crippen LogP contribution < -0.4 is 4.31 Å². The molecule has 1 N–H and O–H groups in total. The van der Waals surface area contributed by atoms with Crippen LogP contribution in [0.3, 0.4) is 0 Å². The first-order valence-corrected chi connectivity index (χ1v) is 14.6. The summed E-state index contributed by atoms with van der Waals surface area (Å²) >= 11 is 0. The second-order valence-corrected chi connectivity index (χ2v) is 12.1. The van der Waals surface area contributed by atoms with E-state index in [9.17, 15) is 40.7 Å². The summed E-state index contributed by atoms with van der Waals surface area (Å²) in [4.78, 5) is 24.8. The topological polar surface area (TPSA) is 101 Å². The summed E-state index contributed by atoms with van der Waals surface area (Å²) in [6.07, 6.45) is -5.45. The van der Waals surface area contributed by atoms with E-state index >= 15 is 0 Å². The SMILES string of the molecule is CC(O)(c1ccc2c(c1)CC[C@@H](CC(=O)CCC(=O)OCc1ccccc1)N2S(=O)(=O)c1ccc(F)cc1)C(F)(F)F. The molecule has 3 aromatic rings. The van der Waals surface area contributed by atoms with Crippen molar-refractivity contribution in [1.29, 1.82) is 0 Å². The number of benzene rings is 3. The van der Waals surface area contributed by atoms with Gasteiger partial charge >= 0.3 is 12.1 Å². The zero-order valence-electron chi connectivity index (χ0n) is 22.6. The first-order valence-electron chi connectivity index (χ1n) is 13.1. The molecule has 1 unspecified atom stereocenters. The standard InChI is InChI=1S/C30H29F4NO6S/c1-29(38,30(32,33)34)22-8-15-27-21(17-22)7-11-24(35(27)42(39,40)26-13-9-23(31)10-14-26)18-25(36)12-16-28(37)41-19-20-5-3-2-4-6-20/h2-6,8-10,13-15,17,24,38H,7,11-12,16,18-19H2,1H3/t24-,29?/m0/s1. The van der Waals surface area contributed by atoms with Crippen LogP contribution in [0.5, 0.6) is 0 Å². The van der Waals surface area contributed by atoms with Gasteiger partial charge in [0.25, 0.3) is 10.0 Å². The first kappa shape index (κ1) is 31.2. The van der Waals surface area contributed by atoms with Gasteiger partial charge < -0.3 is 9.84 Å². The van der Waals surface area contributed by atoms with Crippen molar-refractivity contribution in [2.24, 2.45) is 0 Å². The van der Waals surface area contributed by atoms with E-state index < -0.39 is 51.0 Å². The molecule has 0 aliphatic carbocycles. The number of rotatable bonds is 10. The van der Waals surface area contributed by atoms with E-state index in [1.807, 2.05) is 6.07 Å². The second-order valence-electron chi connectivity index (χ2n) is 10.2. The number of hydrogen-bond acceptors (Lipinski definition) is 6. The van der Waals surface area contributed by atoms with Crippen LogP contribution >= 0.6 is 0 Å². The zero-order valence-corrected chi connectivity index (χ0v) is 23.4. The number of sulfonamides is 1. The Morgan fingerprint density at radius 3 is 2.31 bits per heavy atom. The number of fused-ring (bicyclic) bond motifs is 1. The number of hydrogen-bond donors (Lipinski definition) is 1. The largest absolute Gasteiger partial charge is 0.461 e. The average Bonchev–Trinajstić information content (AvgIpc) is 2.94. The number of halogens is 4. The summed E-state index contributed by atoms with van der Waals surface area (Å²) in [6.45, 7) is 0.650. The molecular weight excluding hydrogens is 578 g/mol. The molecule has 1 aliphatic rings. The van der Waals surface area contributed by atoms with Crippen molar-refractivity contribution in [2.45, 2.75) is 68.3 Å².